The zero-order valence-electron chi connectivity index (χ0n) is 10.4. The molecule has 4 heteroatoms. The topological polar surface area (TPSA) is 61.4 Å². The van der Waals surface area contributed by atoms with Crippen LogP contribution in [0.2, 0.25) is 0 Å². The Balaban J connectivity index is 2.25. The molecule has 17 heavy (non-hydrogen) atoms. The van der Waals surface area contributed by atoms with E-state index in [0.717, 1.165) is 17.7 Å². The lowest BCUT2D eigenvalue weighted by atomic mass is 10.2. The molecule has 0 spiro atoms. The van der Waals surface area contributed by atoms with Crippen LogP contribution >= 0.6 is 0 Å². The SMILES string of the molecule is Cc1cccc(NC(=O)NCCCC(C)O)c1. The molecule has 2 amide bonds. The lowest BCUT2D eigenvalue weighted by Crippen LogP contribution is -2.29. The maximum Gasteiger partial charge on any atom is 0.319 e. The van der Waals surface area contributed by atoms with Gasteiger partial charge in [-0.3, -0.25) is 0 Å². The first kappa shape index (κ1) is 13.5. The summed E-state index contributed by atoms with van der Waals surface area (Å²) in [6.45, 7) is 4.29. The number of carbonyl (C=O) groups is 1. The summed E-state index contributed by atoms with van der Waals surface area (Å²) in [7, 11) is 0. The number of aryl methyl sites for hydroxylation is 1. The monoisotopic (exact) mass is 236 g/mol. The van der Waals surface area contributed by atoms with Crippen molar-refractivity contribution in [3.05, 3.63) is 29.8 Å². The standard InChI is InChI=1S/C13H20N2O2/c1-10-5-3-7-12(9-10)15-13(17)14-8-4-6-11(2)16/h3,5,7,9,11,16H,4,6,8H2,1-2H3,(H2,14,15,17). The van der Waals surface area contributed by atoms with E-state index in [1.165, 1.54) is 0 Å². The minimum atomic E-state index is -0.309. The number of nitrogens with one attached hydrogen (secondary N) is 2. The number of anilines is 1. The van der Waals surface area contributed by atoms with Gasteiger partial charge in [-0.15, -0.1) is 0 Å². The van der Waals surface area contributed by atoms with Crippen molar-refractivity contribution in [2.75, 3.05) is 11.9 Å². The molecule has 0 heterocycles. The Hall–Kier alpha value is -1.55. The molecular weight excluding hydrogens is 216 g/mol. The van der Waals surface area contributed by atoms with Crippen LogP contribution in [0.5, 0.6) is 0 Å². The Labute approximate surface area is 102 Å². The highest BCUT2D eigenvalue weighted by atomic mass is 16.3. The smallest absolute Gasteiger partial charge is 0.319 e. The second-order valence-electron chi connectivity index (χ2n) is 4.24. The first-order chi connectivity index (χ1) is 8.08. The number of aliphatic hydroxyl groups excluding tert-OH is 1. The van der Waals surface area contributed by atoms with E-state index in [-0.39, 0.29) is 12.1 Å². The molecule has 1 rings (SSSR count). The predicted octanol–water partition coefficient (Wildman–Crippen LogP) is 2.28. The van der Waals surface area contributed by atoms with E-state index in [9.17, 15) is 4.79 Å². The van der Waals surface area contributed by atoms with Crippen LogP contribution in [0, 0.1) is 6.92 Å². The summed E-state index contributed by atoms with van der Waals surface area (Å²) in [4.78, 5) is 11.5. The van der Waals surface area contributed by atoms with Crippen LogP contribution in [-0.4, -0.2) is 23.8 Å². The summed E-state index contributed by atoms with van der Waals surface area (Å²) in [6.07, 6.45) is 1.17. The van der Waals surface area contributed by atoms with E-state index in [1.807, 2.05) is 31.2 Å². The van der Waals surface area contributed by atoms with Crippen LogP contribution in [0.4, 0.5) is 10.5 Å². The van der Waals surface area contributed by atoms with Gasteiger partial charge in [0, 0.05) is 12.2 Å². The molecule has 1 unspecified atom stereocenters. The minimum absolute atomic E-state index is 0.207. The van der Waals surface area contributed by atoms with Crippen molar-refractivity contribution < 1.29 is 9.90 Å². The molecule has 3 N–H and O–H groups in total. The first-order valence-electron chi connectivity index (χ1n) is 5.87. The third-order valence-electron chi connectivity index (χ3n) is 2.36. The van der Waals surface area contributed by atoms with Crippen LogP contribution in [0.1, 0.15) is 25.3 Å². The van der Waals surface area contributed by atoms with Gasteiger partial charge in [-0.2, -0.15) is 0 Å². The maximum atomic E-state index is 11.5. The number of hydrogen-bond acceptors (Lipinski definition) is 2. The minimum Gasteiger partial charge on any atom is -0.393 e. The summed E-state index contributed by atoms with van der Waals surface area (Å²) in [5, 5.41) is 14.6. The second kappa shape index (κ2) is 6.91. The molecule has 4 nitrogen and oxygen atoms in total. The quantitative estimate of drug-likeness (QED) is 0.687. The summed E-state index contributed by atoms with van der Waals surface area (Å²) in [5.41, 5.74) is 1.90. The van der Waals surface area contributed by atoms with Gasteiger partial charge in [0.2, 0.25) is 0 Å². The molecule has 0 saturated heterocycles. The zero-order chi connectivity index (χ0) is 12.7. The number of benzene rings is 1. The Morgan fingerprint density at radius 3 is 2.88 bits per heavy atom. The van der Waals surface area contributed by atoms with Crippen molar-refractivity contribution in [1.82, 2.24) is 5.32 Å². The molecule has 0 bridgehead atoms. The first-order valence-corrected chi connectivity index (χ1v) is 5.87. The largest absolute Gasteiger partial charge is 0.393 e. The number of amides is 2. The van der Waals surface area contributed by atoms with Crippen molar-refractivity contribution in [1.29, 1.82) is 0 Å². The molecule has 0 aromatic heterocycles. The highest BCUT2D eigenvalue weighted by molar-refractivity contribution is 5.89. The van der Waals surface area contributed by atoms with Crippen molar-refractivity contribution in [3.63, 3.8) is 0 Å². The lowest BCUT2D eigenvalue weighted by molar-refractivity contribution is 0.181. The summed E-state index contributed by atoms with van der Waals surface area (Å²) in [6, 6.07) is 7.43. The molecule has 0 aliphatic rings. The van der Waals surface area contributed by atoms with Gasteiger partial charge in [0.05, 0.1) is 6.10 Å². The molecule has 0 fully saturated rings. The lowest BCUT2D eigenvalue weighted by Gasteiger charge is -2.08. The zero-order valence-corrected chi connectivity index (χ0v) is 10.4. The molecular formula is C13H20N2O2. The number of carbonyl (C=O) groups excluding carboxylic acids is 1. The summed E-state index contributed by atoms with van der Waals surface area (Å²) >= 11 is 0. The van der Waals surface area contributed by atoms with Gasteiger partial charge in [-0.25, -0.2) is 4.79 Å². The van der Waals surface area contributed by atoms with Crippen molar-refractivity contribution in [3.8, 4) is 0 Å². The molecule has 0 radical (unpaired) electrons. The molecule has 0 aliphatic carbocycles. The van der Waals surface area contributed by atoms with E-state index < -0.39 is 0 Å². The van der Waals surface area contributed by atoms with Crippen LogP contribution in [0.25, 0.3) is 0 Å². The Bertz CT molecular complexity index is 364. The van der Waals surface area contributed by atoms with Crippen molar-refractivity contribution in [2.24, 2.45) is 0 Å². The third kappa shape index (κ3) is 5.92. The van der Waals surface area contributed by atoms with Gasteiger partial charge in [0.25, 0.3) is 0 Å². The molecule has 94 valence electrons. The van der Waals surface area contributed by atoms with Crippen LogP contribution in [-0.2, 0) is 0 Å². The fourth-order valence-electron chi connectivity index (χ4n) is 1.50. The highest BCUT2D eigenvalue weighted by Gasteiger charge is 2.01. The summed E-state index contributed by atoms with van der Waals surface area (Å²) < 4.78 is 0. The number of urea groups is 1. The normalized spacial score (nSPS) is 11.9. The Morgan fingerprint density at radius 2 is 2.24 bits per heavy atom. The second-order valence-corrected chi connectivity index (χ2v) is 4.24. The van der Waals surface area contributed by atoms with Crippen LogP contribution < -0.4 is 10.6 Å². The van der Waals surface area contributed by atoms with Crippen molar-refractivity contribution >= 4 is 11.7 Å². The van der Waals surface area contributed by atoms with E-state index in [4.69, 9.17) is 5.11 Å². The predicted molar refractivity (Wildman–Crippen MR) is 69.1 cm³/mol. The van der Waals surface area contributed by atoms with Gasteiger partial charge < -0.3 is 15.7 Å². The molecule has 0 aliphatic heterocycles. The fourth-order valence-corrected chi connectivity index (χ4v) is 1.50. The van der Waals surface area contributed by atoms with Crippen molar-refractivity contribution in [2.45, 2.75) is 32.8 Å². The van der Waals surface area contributed by atoms with Gasteiger partial charge in [-0.05, 0) is 44.4 Å². The number of rotatable bonds is 5. The molecule has 1 aromatic rings. The van der Waals surface area contributed by atoms with Crippen LogP contribution in [0.15, 0.2) is 24.3 Å². The molecule has 0 saturated carbocycles. The van der Waals surface area contributed by atoms with Gasteiger partial charge in [-0.1, -0.05) is 12.1 Å². The van der Waals surface area contributed by atoms with E-state index in [2.05, 4.69) is 10.6 Å². The average molecular weight is 236 g/mol. The van der Waals surface area contributed by atoms with Gasteiger partial charge in [0.15, 0.2) is 0 Å². The molecule has 1 atom stereocenters. The van der Waals surface area contributed by atoms with E-state index in [1.54, 1.807) is 6.92 Å². The average Bonchev–Trinajstić information content (AvgIpc) is 2.24. The van der Waals surface area contributed by atoms with E-state index in [0.29, 0.717) is 13.0 Å². The van der Waals surface area contributed by atoms with Crippen LogP contribution in [0.3, 0.4) is 0 Å². The third-order valence-corrected chi connectivity index (χ3v) is 2.36. The molecule has 1 aromatic carbocycles. The van der Waals surface area contributed by atoms with Gasteiger partial charge >= 0.3 is 6.03 Å². The highest BCUT2D eigenvalue weighted by Crippen LogP contribution is 2.08. The Kier molecular flexibility index (Phi) is 5.49. The van der Waals surface area contributed by atoms with E-state index >= 15 is 0 Å². The number of aliphatic hydroxyl groups is 1. The maximum absolute atomic E-state index is 11.5. The summed E-state index contributed by atoms with van der Waals surface area (Å²) in [5.74, 6) is 0. The fraction of sp³-hybridized carbons (Fsp3) is 0.462. The van der Waals surface area contributed by atoms with Gasteiger partial charge in [0.1, 0.15) is 0 Å². The number of hydrogen-bond donors (Lipinski definition) is 3. The Morgan fingerprint density at radius 1 is 1.47 bits per heavy atom.